The Balaban J connectivity index is 2.13. The molecular formula is C67H113NO7S. The summed E-state index contributed by atoms with van der Waals surface area (Å²) in [6.45, 7) is 6.47. The number of thiol groups is 1. The van der Waals surface area contributed by atoms with Crippen LogP contribution in [0, 0.1) is 0 Å². The molecule has 0 spiro atoms. The van der Waals surface area contributed by atoms with Crippen molar-refractivity contribution < 1.29 is 33.4 Å². The lowest BCUT2D eigenvalue weighted by Crippen LogP contribution is -2.51. The molecule has 0 N–H and O–H groups in total. The van der Waals surface area contributed by atoms with Gasteiger partial charge >= 0.3 is 17.9 Å². The highest BCUT2D eigenvalue weighted by molar-refractivity contribution is 7.80. The molecule has 0 fully saturated rings. The van der Waals surface area contributed by atoms with E-state index in [1.807, 2.05) is 60.7 Å². The van der Waals surface area contributed by atoms with Gasteiger partial charge in [0.2, 0.25) is 5.91 Å². The number of hydrogen-bond acceptors (Lipinski definition) is 8. The van der Waals surface area contributed by atoms with Crippen LogP contribution in [0.3, 0.4) is 0 Å². The fraction of sp³-hybridized carbons (Fsp3) is 0.761. The Kier molecular flexibility index (Phi) is 45.2. The molecule has 0 aliphatic rings. The van der Waals surface area contributed by atoms with Crippen molar-refractivity contribution in [3.63, 3.8) is 0 Å². The zero-order valence-corrected chi connectivity index (χ0v) is 50.0. The van der Waals surface area contributed by atoms with Crippen molar-refractivity contribution in [3.05, 3.63) is 71.8 Å². The molecule has 0 saturated heterocycles. The molecule has 434 valence electrons. The zero-order chi connectivity index (χ0) is 54.8. The van der Waals surface area contributed by atoms with Gasteiger partial charge in [-0.1, -0.05) is 313 Å². The normalized spacial score (nSPS) is 12.2. The van der Waals surface area contributed by atoms with Crippen molar-refractivity contribution in [2.45, 2.75) is 309 Å². The molecule has 8 nitrogen and oxygen atoms in total. The SMILES string of the molecule is CCCCCCCCCCCCCCCC(=O)OC[C@@H](CN(C(=O)CCCCCCCCCCCCCCC)[C@H](CS)C(=O)OC(c1ccccc1)c1ccccc1)OC(=O)CCCCCCCCCCCCCCC. The van der Waals surface area contributed by atoms with Crippen LogP contribution in [0.25, 0.3) is 0 Å². The fourth-order valence-corrected chi connectivity index (χ4v) is 10.7. The van der Waals surface area contributed by atoms with Gasteiger partial charge in [0.1, 0.15) is 12.6 Å². The minimum absolute atomic E-state index is 0.00205. The van der Waals surface area contributed by atoms with Gasteiger partial charge < -0.3 is 19.1 Å². The number of ether oxygens (including phenoxy) is 3. The van der Waals surface area contributed by atoms with Gasteiger partial charge in [0, 0.05) is 25.0 Å². The Bertz CT molecular complexity index is 1620. The monoisotopic (exact) mass is 1080 g/mol. The van der Waals surface area contributed by atoms with Crippen molar-refractivity contribution in [1.82, 2.24) is 4.90 Å². The summed E-state index contributed by atoms with van der Waals surface area (Å²) in [6.07, 6.45) is 46.1. The molecule has 2 aromatic rings. The van der Waals surface area contributed by atoms with Crippen molar-refractivity contribution in [3.8, 4) is 0 Å². The molecule has 2 atom stereocenters. The second-order valence-electron chi connectivity index (χ2n) is 22.2. The van der Waals surface area contributed by atoms with Crippen LogP contribution in [0.2, 0.25) is 0 Å². The quantitative estimate of drug-likeness (QED) is 0.0305. The van der Waals surface area contributed by atoms with Crippen LogP contribution < -0.4 is 0 Å². The second-order valence-corrected chi connectivity index (χ2v) is 22.5. The maximum Gasteiger partial charge on any atom is 0.330 e. The van der Waals surface area contributed by atoms with Gasteiger partial charge in [-0.05, 0) is 30.4 Å². The Labute approximate surface area is 471 Å². The van der Waals surface area contributed by atoms with E-state index in [1.54, 1.807) is 0 Å². The van der Waals surface area contributed by atoms with Crippen LogP contribution in [0.1, 0.15) is 308 Å². The lowest BCUT2D eigenvalue weighted by molar-refractivity contribution is -0.166. The van der Waals surface area contributed by atoms with Crippen molar-refractivity contribution in [2.24, 2.45) is 0 Å². The summed E-state index contributed by atoms with van der Waals surface area (Å²) >= 11 is 4.68. The first-order valence-electron chi connectivity index (χ1n) is 31.9. The van der Waals surface area contributed by atoms with Crippen LogP contribution in [-0.4, -0.2) is 59.8 Å². The lowest BCUT2D eigenvalue weighted by Gasteiger charge is -2.33. The van der Waals surface area contributed by atoms with Gasteiger partial charge in [-0.3, -0.25) is 14.4 Å². The Morgan fingerprint density at radius 1 is 0.408 bits per heavy atom. The zero-order valence-electron chi connectivity index (χ0n) is 49.1. The van der Waals surface area contributed by atoms with E-state index in [1.165, 1.54) is 185 Å². The summed E-state index contributed by atoms with van der Waals surface area (Å²) in [4.78, 5) is 57.5. The predicted molar refractivity (Wildman–Crippen MR) is 322 cm³/mol. The summed E-state index contributed by atoms with van der Waals surface area (Å²) in [6, 6.07) is 18.1. The number of benzene rings is 2. The van der Waals surface area contributed by atoms with E-state index < -0.39 is 24.2 Å². The van der Waals surface area contributed by atoms with Crippen LogP contribution in [0.15, 0.2) is 60.7 Å². The number of nitrogens with zero attached hydrogens (tertiary/aromatic N) is 1. The smallest absolute Gasteiger partial charge is 0.330 e. The number of hydrogen-bond donors (Lipinski definition) is 1. The van der Waals surface area contributed by atoms with E-state index in [-0.39, 0.29) is 56.0 Å². The Hall–Kier alpha value is -3.33. The van der Waals surface area contributed by atoms with E-state index in [0.29, 0.717) is 12.8 Å². The number of rotatable bonds is 53. The maximum absolute atomic E-state index is 14.5. The highest BCUT2D eigenvalue weighted by Gasteiger charge is 2.35. The summed E-state index contributed by atoms with van der Waals surface area (Å²) in [5.74, 6) is -1.56. The van der Waals surface area contributed by atoms with Crippen molar-refractivity contribution in [1.29, 1.82) is 0 Å². The van der Waals surface area contributed by atoms with Crippen LogP contribution in [0.4, 0.5) is 0 Å². The lowest BCUT2D eigenvalue weighted by atomic mass is 10.0. The fourth-order valence-electron chi connectivity index (χ4n) is 10.3. The first kappa shape index (κ1) is 68.8. The molecule has 76 heavy (non-hydrogen) atoms. The average molecular weight is 1080 g/mol. The molecule has 0 aromatic heterocycles. The molecule has 0 bridgehead atoms. The van der Waals surface area contributed by atoms with Crippen LogP contribution >= 0.6 is 12.6 Å². The largest absolute Gasteiger partial charge is 0.462 e. The topological polar surface area (TPSA) is 99.2 Å². The predicted octanol–water partition coefficient (Wildman–Crippen LogP) is 19.3. The first-order valence-corrected chi connectivity index (χ1v) is 32.5. The maximum atomic E-state index is 14.5. The van der Waals surface area contributed by atoms with Crippen molar-refractivity contribution >= 4 is 36.4 Å². The van der Waals surface area contributed by atoms with Gasteiger partial charge in [-0.2, -0.15) is 12.6 Å². The summed E-state index contributed by atoms with van der Waals surface area (Å²) in [5.41, 5.74) is 1.61. The van der Waals surface area contributed by atoms with E-state index in [2.05, 4.69) is 33.4 Å². The van der Waals surface area contributed by atoms with Gasteiger partial charge in [-0.15, -0.1) is 0 Å². The number of carbonyl (C=O) groups excluding carboxylic acids is 4. The average Bonchev–Trinajstić information content (AvgIpc) is 3.43. The second kappa shape index (κ2) is 49.9. The van der Waals surface area contributed by atoms with E-state index in [9.17, 15) is 19.2 Å². The van der Waals surface area contributed by atoms with E-state index in [0.717, 1.165) is 68.9 Å². The number of esters is 3. The molecule has 0 aliphatic heterocycles. The molecule has 2 rings (SSSR count). The summed E-state index contributed by atoms with van der Waals surface area (Å²) < 4.78 is 18.4. The Morgan fingerprint density at radius 3 is 1.07 bits per heavy atom. The Morgan fingerprint density at radius 2 is 0.724 bits per heavy atom. The molecule has 0 radical (unpaired) electrons. The molecule has 0 unspecified atom stereocenters. The summed E-state index contributed by atoms with van der Waals surface area (Å²) in [5, 5.41) is 0. The van der Waals surface area contributed by atoms with E-state index >= 15 is 0 Å². The van der Waals surface area contributed by atoms with Crippen LogP contribution in [0.5, 0.6) is 0 Å². The van der Waals surface area contributed by atoms with E-state index in [4.69, 9.17) is 14.2 Å². The molecule has 2 aromatic carbocycles. The molecule has 0 heterocycles. The third-order valence-corrected chi connectivity index (χ3v) is 15.5. The third-order valence-electron chi connectivity index (χ3n) is 15.2. The molecule has 9 heteroatoms. The standard InChI is InChI=1S/C67H113NO7S/c1-4-7-10-13-16-19-22-25-28-31-34-37-46-53-63(69)68(62(58-76)67(72)75-66(59-49-42-40-43-50-59)60-51-44-41-45-52-60)56-61(74-65(71)55-48-39-36-33-30-27-24-21-18-15-12-9-6-3)57-73-64(70)54-47-38-35-32-29-26-23-20-17-14-11-8-5-2/h40-45,49-52,61-62,66,76H,4-39,46-48,53-58H2,1-3H3/t61-,62-/m1/s1. The minimum atomic E-state index is -1.07. The first-order chi connectivity index (χ1) is 37.3. The number of carbonyl (C=O) groups is 4. The number of unbranched alkanes of at least 4 members (excludes halogenated alkanes) is 36. The van der Waals surface area contributed by atoms with Crippen molar-refractivity contribution in [2.75, 3.05) is 18.9 Å². The molecular weight excluding hydrogens is 963 g/mol. The van der Waals surface area contributed by atoms with Gasteiger partial charge in [-0.25, -0.2) is 4.79 Å². The molecule has 0 saturated carbocycles. The number of amides is 1. The van der Waals surface area contributed by atoms with Gasteiger partial charge in [0.15, 0.2) is 12.2 Å². The molecule has 0 aliphatic carbocycles. The van der Waals surface area contributed by atoms with Crippen LogP contribution in [-0.2, 0) is 33.4 Å². The highest BCUT2D eigenvalue weighted by atomic mass is 32.1. The molecule has 1 amide bonds. The third kappa shape index (κ3) is 36.7. The minimum Gasteiger partial charge on any atom is -0.462 e. The van der Waals surface area contributed by atoms with Gasteiger partial charge in [0.25, 0.3) is 0 Å². The summed E-state index contributed by atoms with van der Waals surface area (Å²) in [7, 11) is 0. The van der Waals surface area contributed by atoms with Gasteiger partial charge in [0.05, 0.1) is 6.54 Å². The highest BCUT2D eigenvalue weighted by Crippen LogP contribution is 2.28.